The summed E-state index contributed by atoms with van der Waals surface area (Å²) < 4.78 is 0. The first-order valence-corrected chi connectivity index (χ1v) is 9.76. The van der Waals surface area contributed by atoms with Gasteiger partial charge in [-0.05, 0) is 37.1 Å². The Bertz CT molecular complexity index is 621. The van der Waals surface area contributed by atoms with Crippen LogP contribution < -0.4 is 0 Å². The van der Waals surface area contributed by atoms with E-state index >= 15 is 0 Å². The van der Waals surface area contributed by atoms with Crippen LogP contribution in [0.3, 0.4) is 0 Å². The van der Waals surface area contributed by atoms with Gasteiger partial charge in [-0.1, -0.05) is 69.5 Å². The third kappa shape index (κ3) is 13.2. The van der Waals surface area contributed by atoms with Crippen molar-refractivity contribution in [3.63, 3.8) is 0 Å². The average Bonchev–Trinajstić information content (AvgIpc) is 2.73. The highest BCUT2D eigenvalue weighted by molar-refractivity contribution is 5.87. The summed E-state index contributed by atoms with van der Waals surface area (Å²) in [6.45, 7) is 4.19. The first kappa shape index (κ1) is 26.3. The molecule has 1 unspecified atom stereocenters. The Labute approximate surface area is 172 Å². The van der Waals surface area contributed by atoms with Crippen molar-refractivity contribution >= 4 is 11.9 Å². The number of unbranched alkanes of at least 4 members (excludes halogenated alkanes) is 1. The SMILES string of the molecule is CCCCC(CCC)C(O)O.O=C(O)c1ccccc1.O=C(O)c1ccccc1. The fourth-order valence-corrected chi connectivity index (χ4v) is 2.44. The molecule has 160 valence electrons. The molecule has 2 aromatic rings. The van der Waals surface area contributed by atoms with Crippen LogP contribution in [0.25, 0.3) is 0 Å². The normalized spacial score (nSPS) is 10.8. The van der Waals surface area contributed by atoms with Crippen molar-refractivity contribution in [1.29, 1.82) is 0 Å². The maximum Gasteiger partial charge on any atom is 0.335 e. The van der Waals surface area contributed by atoms with E-state index in [1.165, 1.54) is 0 Å². The molecule has 0 aliphatic rings. The summed E-state index contributed by atoms with van der Waals surface area (Å²) in [6.07, 6.45) is 4.03. The molecule has 0 amide bonds. The molecule has 0 bridgehead atoms. The number of carboxylic acids is 2. The standard InChI is InChI=1S/C9H20O2.2C7H6O2/c1-3-5-7-8(6-4-2)9(10)11;2*8-7(9)6-4-2-1-3-5-6/h8-11H,3-7H2,1-2H3;2*1-5H,(H,8,9). The Balaban J connectivity index is 0.000000408. The molecule has 6 nitrogen and oxygen atoms in total. The summed E-state index contributed by atoms with van der Waals surface area (Å²) in [7, 11) is 0. The van der Waals surface area contributed by atoms with Gasteiger partial charge in [0, 0.05) is 5.92 Å². The summed E-state index contributed by atoms with van der Waals surface area (Å²) in [5.41, 5.74) is 0.662. The van der Waals surface area contributed by atoms with Gasteiger partial charge in [-0.2, -0.15) is 0 Å². The highest BCUT2D eigenvalue weighted by Gasteiger charge is 2.14. The van der Waals surface area contributed by atoms with Crippen LogP contribution in [0.5, 0.6) is 0 Å². The number of aliphatic hydroxyl groups excluding tert-OH is 1. The molecule has 0 heterocycles. The van der Waals surface area contributed by atoms with E-state index in [2.05, 4.69) is 13.8 Å². The Kier molecular flexibility index (Phi) is 14.8. The minimum absolute atomic E-state index is 0.0972. The summed E-state index contributed by atoms with van der Waals surface area (Å²) in [4.78, 5) is 20.4. The minimum Gasteiger partial charge on any atom is -0.478 e. The van der Waals surface area contributed by atoms with Crippen LogP contribution in [0.1, 0.15) is 66.7 Å². The fraction of sp³-hybridized carbons (Fsp3) is 0.391. The summed E-state index contributed by atoms with van der Waals surface area (Å²) >= 11 is 0. The maximum absolute atomic E-state index is 10.2. The van der Waals surface area contributed by atoms with E-state index in [1.54, 1.807) is 60.7 Å². The van der Waals surface area contributed by atoms with Gasteiger partial charge in [0.2, 0.25) is 0 Å². The molecule has 0 saturated carbocycles. The second-order valence-electron chi connectivity index (χ2n) is 6.45. The number of aromatic carboxylic acids is 2. The lowest BCUT2D eigenvalue weighted by molar-refractivity contribution is -0.0885. The van der Waals surface area contributed by atoms with Gasteiger partial charge in [0.1, 0.15) is 0 Å². The summed E-state index contributed by atoms with van der Waals surface area (Å²) in [5, 5.41) is 34.6. The Morgan fingerprint density at radius 2 is 1.14 bits per heavy atom. The zero-order chi connectivity index (χ0) is 22.1. The van der Waals surface area contributed by atoms with Crippen LogP contribution >= 0.6 is 0 Å². The smallest absolute Gasteiger partial charge is 0.335 e. The first-order valence-electron chi connectivity index (χ1n) is 9.76. The van der Waals surface area contributed by atoms with Crippen LogP contribution in [0.4, 0.5) is 0 Å². The number of benzene rings is 2. The van der Waals surface area contributed by atoms with Gasteiger partial charge in [-0.15, -0.1) is 0 Å². The molecule has 0 fully saturated rings. The molecule has 4 N–H and O–H groups in total. The molecule has 29 heavy (non-hydrogen) atoms. The van der Waals surface area contributed by atoms with Crippen molar-refractivity contribution in [2.75, 3.05) is 0 Å². The van der Waals surface area contributed by atoms with Crippen molar-refractivity contribution in [1.82, 2.24) is 0 Å². The van der Waals surface area contributed by atoms with Gasteiger partial charge in [0.25, 0.3) is 0 Å². The number of carboxylic acid groups (broad SMARTS) is 2. The molecule has 2 rings (SSSR count). The molecule has 0 aliphatic heterocycles. The molecular formula is C23H32O6. The molecule has 0 spiro atoms. The number of carbonyl (C=O) groups is 2. The topological polar surface area (TPSA) is 115 Å². The van der Waals surface area contributed by atoms with Crippen LogP contribution in [-0.2, 0) is 0 Å². The van der Waals surface area contributed by atoms with Crippen LogP contribution in [0.15, 0.2) is 60.7 Å². The summed E-state index contributed by atoms with van der Waals surface area (Å²) in [5.74, 6) is -1.66. The Morgan fingerprint density at radius 3 is 1.38 bits per heavy atom. The van der Waals surface area contributed by atoms with Gasteiger partial charge in [0.05, 0.1) is 11.1 Å². The lowest BCUT2D eigenvalue weighted by atomic mass is 9.97. The van der Waals surface area contributed by atoms with E-state index in [0.717, 1.165) is 32.1 Å². The van der Waals surface area contributed by atoms with Crippen LogP contribution in [0.2, 0.25) is 0 Å². The number of aliphatic hydroxyl groups is 2. The molecule has 2 aromatic carbocycles. The van der Waals surface area contributed by atoms with Crippen molar-refractivity contribution < 1.29 is 30.0 Å². The van der Waals surface area contributed by atoms with Crippen molar-refractivity contribution in [2.24, 2.45) is 5.92 Å². The quantitative estimate of drug-likeness (QED) is 0.475. The van der Waals surface area contributed by atoms with Crippen molar-refractivity contribution in [2.45, 2.75) is 52.2 Å². The number of rotatable bonds is 8. The van der Waals surface area contributed by atoms with E-state index in [9.17, 15) is 9.59 Å². The zero-order valence-corrected chi connectivity index (χ0v) is 17.1. The molecule has 0 saturated heterocycles. The highest BCUT2D eigenvalue weighted by atomic mass is 16.5. The van der Waals surface area contributed by atoms with Gasteiger partial charge >= 0.3 is 11.9 Å². The molecular weight excluding hydrogens is 372 g/mol. The van der Waals surface area contributed by atoms with E-state index in [-0.39, 0.29) is 5.92 Å². The van der Waals surface area contributed by atoms with Gasteiger partial charge in [-0.25, -0.2) is 9.59 Å². The molecule has 6 heteroatoms. The predicted molar refractivity (Wildman–Crippen MR) is 113 cm³/mol. The van der Waals surface area contributed by atoms with E-state index < -0.39 is 18.2 Å². The van der Waals surface area contributed by atoms with Gasteiger partial charge in [0.15, 0.2) is 6.29 Å². The monoisotopic (exact) mass is 404 g/mol. The van der Waals surface area contributed by atoms with Crippen molar-refractivity contribution in [3.8, 4) is 0 Å². The van der Waals surface area contributed by atoms with E-state index in [1.807, 2.05) is 0 Å². The maximum atomic E-state index is 10.2. The second-order valence-corrected chi connectivity index (χ2v) is 6.45. The predicted octanol–water partition coefficient (Wildman–Crippen LogP) is 4.67. The molecule has 0 radical (unpaired) electrons. The van der Waals surface area contributed by atoms with E-state index in [4.69, 9.17) is 20.4 Å². The number of hydrogen-bond donors (Lipinski definition) is 4. The van der Waals surface area contributed by atoms with E-state index in [0.29, 0.717) is 11.1 Å². The third-order valence-corrected chi connectivity index (χ3v) is 4.05. The average molecular weight is 405 g/mol. The lowest BCUT2D eigenvalue weighted by Gasteiger charge is -2.17. The van der Waals surface area contributed by atoms with Gasteiger partial charge in [-0.3, -0.25) is 0 Å². The minimum atomic E-state index is -1.11. The molecule has 0 aromatic heterocycles. The third-order valence-electron chi connectivity index (χ3n) is 4.05. The first-order chi connectivity index (χ1) is 13.8. The van der Waals surface area contributed by atoms with Crippen LogP contribution in [0, 0.1) is 5.92 Å². The Hall–Kier alpha value is -2.70. The van der Waals surface area contributed by atoms with Gasteiger partial charge < -0.3 is 20.4 Å². The lowest BCUT2D eigenvalue weighted by Crippen LogP contribution is -2.19. The summed E-state index contributed by atoms with van der Waals surface area (Å²) in [6, 6.07) is 16.6. The Morgan fingerprint density at radius 1 is 0.724 bits per heavy atom. The molecule has 1 atom stereocenters. The van der Waals surface area contributed by atoms with Crippen LogP contribution in [-0.4, -0.2) is 38.7 Å². The van der Waals surface area contributed by atoms with Crippen molar-refractivity contribution in [3.05, 3.63) is 71.8 Å². The highest BCUT2D eigenvalue weighted by Crippen LogP contribution is 2.17. The molecule has 0 aliphatic carbocycles. The second kappa shape index (κ2) is 16.3. The zero-order valence-electron chi connectivity index (χ0n) is 17.1. The largest absolute Gasteiger partial charge is 0.478 e. The number of hydrogen-bond acceptors (Lipinski definition) is 4. The fourth-order valence-electron chi connectivity index (χ4n) is 2.44.